The molecule has 1 fully saturated rings. The Morgan fingerprint density at radius 1 is 1.62 bits per heavy atom. The summed E-state index contributed by atoms with van der Waals surface area (Å²) in [5.74, 6) is 6.68. The van der Waals surface area contributed by atoms with Crippen molar-refractivity contribution >= 4 is 5.84 Å². The van der Waals surface area contributed by atoms with E-state index < -0.39 is 0 Å². The molecule has 2 unspecified atom stereocenters. The van der Waals surface area contributed by atoms with Crippen LogP contribution in [0.2, 0.25) is 0 Å². The van der Waals surface area contributed by atoms with Gasteiger partial charge in [0.2, 0.25) is 0 Å². The first-order chi connectivity index (χ1) is 6.33. The minimum atomic E-state index is 0.293. The standard InChI is InChI=1S/C9H19N3O/c1-3-8-7(5-6-13-8)9(12-10)11-4-2/h7-8H,3-6,10H2,1-2H3,(H,11,12). The van der Waals surface area contributed by atoms with Gasteiger partial charge in [-0.3, -0.25) is 4.99 Å². The van der Waals surface area contributed by atoms with Crippen LogP contribution in [-0.2, 0) is 4.74 Å². The highest BCUT2D eigenvalue weighted by molar-refractivity contribution is 5.84. The van der Waals surface area contributed by atoms with Crippen LogP contribution in [0.3, 0.4) is 0 Å². The first-order valence-electron chi connectivity index (χ1n) is 4.96. The second kappa shape index (κ2) is 5.19. The molecule has 0 aliphatic carbocycles. The Balaban J connectivity index is 2.61. The van der Waals surface area contributed by atoms with Gasteiger partial charge in [-0.05, 0) is 19.8 Å². The van der Waals surface area contributed by atoms with Gasteiger partial charge < -0.3 is 10.2 Å². The first-order valence-corrected chi connectivity index (χ1v) is 4.96. The number of hydrazine groups is 1. The lowest BCUT2D eigenvalue weighted by molar-refractivity contribution is 0.0984. The summed E-state index contributed by atoms with van der Waals surface area (Å²) in [7, 11) is 0. The third-order valence-electron chi connectivity index (χ3n) is 2.44. The average Bonchev–Trinajstić information content (AvgIpc) is 2.61. The first kappa shape index (κ1) is 10.5. The molecule has 1 heterocycles. The van der Waals surface area contributed by atoms with E-state index >= 15 is 0 Å². The molecule has 0 aromatic carbocycles. The van der Waals surface area contributed by atoms with E-state index in [9.17, 15) is 0 Å². The van der Waals surface area contributed by atoms with Crippen molar-refractivity contribution in [2.45, 2.75) is 32.8 Å². The fourth-order valence-corrected chi connectivity index (χ4v) is 1.80. The van der Waals surface area contributed by atoms with Crippen LogP contribution in [0.1, 0.15) is 26.7 Å². The third-order valence-corrected chi connectivity index (χ3v) is 2.44. The molecule has 1 aliphatic heterocycles. The maximum absolute atomic E-state index is 5.57. The van der Waals surface area contributed by atoms with Crippen molar-refractivity contribution in [3.63, 3.8) is 0 Å². The molecule has 76 valence electrons. The SMILES string of the molecule is CCN=C(NN)C1CCOC1CC. The predicted octanol–water partition coefficient (Wildman–Crippen LogP) is 0.683. The van der Waals surface area contributed by atoms with Crippen LogP contribution in [0.5, 0.6) is 0 Å². The van der Waals surface area contributed by atoms with Crippen molar-refractivity contribution in [2.75, 3.05) is 13.2 Å². The Labute approximate surface area is 79.5 Å². The number of hydrogen-bond donors (Lipinski definition) is 2. The molecule has 0 aromatic heterocycles. The molecule has 0 aromatic rings. The maximum atomic E-state index is 5.57. The summed E-state index contributed by atoms with van der Waals surface area (Å²) >= 11 is 0. The highest BCUT2D eigenvalue weighted by atomic mass is 16.5. The van der Waals surface area contributed by atoms with E-state index in [2.05, 4.69) is 17.3 Å². The monoisotopic (exact) mass is 185 g/mol. The Hall–Kier alpha value is -0.610. The van der Waals surface area contributed by atoms with Crippen LogP contribution >= 0.6 is 0 Å². The van der Waals surface area contributed by atoms with Crippen LogP contribution in [0.15, 0.2) is 4.99 Å². The molecule has 13 heavy (non-hydrogen) atoms. The zero-order valence-corrected chi connectivity index (χ0v) is 8.42. The lowest BCUT2D eigenvalue weighted by atomic mass is 9.98. The molecule has 4 nitrogen and oxygen atoms in total. The lowest BCUT2D eigenvalue weighted by Crippen LogP contribution is -2.39. The number of nitrogens with zero attached hydrogens (tertiary/aromatic N) is 1. The van der Waals surface area contributed by atoms with Gasteiger partial charge in [0, 0.05) is 19.1 Å². The van der Waals surface area contributed by atoms with Crippen molar-refractivity contribution < 1.29 is 4.74 Å². The largest absolute Gasteiger partial charge is 0.377 e. The van der Waals surface area contributed by atoms with Crippen molar-refractivity contribution in [2.24, 2.45) is 16.8 Å². The Kier molecular flexibility index (Phi) is 4.18. The fourth-order valence-electron chi connectivity index (χ4n) is 1.80. The molecule has 0 radical (unpaired) electrons. The number of amidine groups is 1. The molecule has 2 atom stereocenters. The van der Waals surface area contributed by atoms with Crippen molar-refractivity contribution in [3.05, 3.63) is 0 Å². The molecule has 1 aliphatic rings. The summed E-state index contributed by atoms with van der Waals surface area (Å²) in [4.78, 5) is 4.32. The zero-order valence-electron chi connectivity index (χ0n) is 8.42. The third kappa shape index (κ3) is 2.42. The predicted molar refractivity (Wildman–Crippen MR) is 53.4 cm³/mol. The summed E-state index contributed by atoms with van der Waals surface area (Å²) in [6, 6.07) is 0. The summed E-state index contributed by atoms with van der Waals surface area (Å²) in [5.41, 5.74) is 2.68. The van der Waals surface area contributed by atoms with Gasteiger partial charge in [-0.15, -0.1) is 0 Å². The van der Waals surface area contributed by atoms with E-state index in [1.165, 1.54) is 0 Å². The molecule has 0 spiro atoms. The van der Waals surface area contributed by atoms with E-state index in [1.54, 1.807) is 0 Å². The second-order valence-electron chi connectivity index (χ2n) is 3.22. The zero-order chi connectivity index (χ0) is 9.68. The molecular weight excluding hydrogens is 166 g/mol. The molecule has 0 bridgehead atoms. The number of nitrogens with one attached hydrogen (secondary N) is 1. The van der Waals surface area contributed by atoms with Crippen LogP contribution in [-0.4, -0.2) is 25.1 Å². The topological polar surface area (TPSA) is 59.6 Å². The van der Waals surface area contributed by atoms with Gasteiger partial charge in [0.05, 0.1) is 6.10 Å². The van der Waals surface area contributed by atoms with Crippen molar-refractivity contribution in [3.8, 4) is 0 Å². The normalized spacial score (nSPS) is 29.3. The van der Waals surface area contributed by atoms with Crippen LogP contribution < -0.4 is 11.3 Å². The summed E-state index contributed by atoms with van der Waals surface area (Å²) < 4.78 is 5.57. The van der Waals surface area contributed by atoms with Gasteiger partial charge in [0.25, 0.3) is 0 Å². The molecular formula is C9H19N3O. The molecule has 1 rings (SSSR count). The smallest absolute Gasteiger partial charge is 0.116 e. The van der Waals surface area contributed by atoms with E-state index in [1.807, 2.05) is 6.92 Å². The summed E-state index contributed by atoms with van der Waals surface area (Å²) in [6.07, 6.45) is 2.35. The minimum absolute atomic E-state index is 0.293. The number of hydrogen-bond acceptors (Lipinski definition) is 3. The van der Waals surface area contributed by atoms with Gasteiger partial charge in [0.1, 0.15) is 5.84 Å². The Bertz CT molecular complexity index is 182. The lowest BCUT2D eigenvalue weighted by Gasteiger charge is -2.18. The number of rotatable bonds is 3. The molecule has 0 amide bonds. The van der Waals surface area contributed by atoms with Gasteiger partial charge in [-0.1, -0.05) is 6.92 Å². The Morgan fingerprint density at radius 3 is 2.92 bits per heavy atom. The highest BCUT2D eigenvalue weighted by Crippen LogP contribution is 2.23. The van der Waals surface area contributed by atoms with Crippen LogP contribution in [0, 0.1) is 5.92 Å². The number of ether oxygens (including phenoxy) is 1. The average molecular weight is 185 g/mol. The van der Waals surface area contributed by atoms with E-state index in [0.29, 0.717) is 12.0 Å². The molecule has 3 N–H and O–H groups in total. The minimum Gasteiger partial charge on any atom is -0.377 e. The summed E-state index contributed by atoms with van der Waals surface area (Å²) in [5, 5.41) is 0. The second-order valence-corrected chi connectivity index (χ2v) is 3.22. The Morgan fingerprint density at radius 2 is 2.38 bits per heavy atom. The van der Waals surface area contributed by atoms with Crippen LogP contribution in [0.4, 0.5) is 0 Å². The van der Waals surface area contributed by atoms with E-state index in [-0.39, 0.29) is 0 Å². The van der Waals surface area contributed by atoms with Gasteiger partial charge >= 0.3 is 0 Å². The van der Waals surface area contributed by atoms with Gasteiger partial charge in [0.15, 0.2) is 0 Å². The van der Waals surface area contributed by atoms with E-state index in [0.717, 1.165) is 31.8 Å². The fraction of sp³-hybridized carbons (Fsp3) is 0.889. The molecule has 4 heteroatoms. The highest BCUT2D eigenvalue weighted by Gasteiger charge is 2.30. The quantitative estimate of drug-likeness (QED) is 0.294. The summed E-state index contributed by atoms with van der Waals surface area (Å²) in [6.45, 7) is 5.73. The van der Waals surface area contributed by atoms with Gasteiger partial charge in [-0.25, -0.2) is 5.84 Å². The molecule has 0 saturated carbocycles. The van der Waals surface area contributed by atoms with Crippen molar-refractivity contribution in [1.29, 1.82) is 0 Å². The van der Waals surface area contributed by atoms with Gasteiger partial charge in [-0.2, -0.15) is 0 Å². The maximum Gasteiger partial charge on any atom is 0.116 e. The number of aliphatic imine (C=N–C) groups is 1. The van der Waals surface area contributed by atoms with Crippen molar-refractivity contribution in [1.82, 2.24) is 5.43 Å². The molecule has 1 saturated heterocycles. The van der Waals surface area contributed by atoms with E-state index in [4.69, 9.17) is 10.6 Å². The van der Waals surface area contributed by atoms with Crippen LogP contribution in [0.25, 0.3) is 0 Å². The number of nitrogens with two attached hydrogens (primary N) is 1.